The standard InChI is InChI=1S/C12H20N4O4S/c1-3-5-15-12(11(16(17)18)9(2)14-15)13-7-10-4-6-21(19,20)8-10/h10,13H,3-8H2,1-2H3. The molecule has 1 unspecified atom stereocenters. The second-order valence-corrected chi connectivity index (χ2v) is 7.64. The van der Waals surface area contributed by atoms with E-state index in [0.29, 0.717) is 31.0 Å². The van der Waals surface area contributed by atoms with Crippen molar-refractivity contribution in [3.8, 4) is 0 Å². The fourth-order valence-corrected chi connectivity index (χ4v) is 4.48. The highest BCUT2D eigenvalue weighted by atomic mass is 32.2. The van der Waals surface area contributed by atoms with Gasteiger partial charge >= 0.3 is 5.69 Å². The number of rotatable bonds is 6. The lowest BCUT2D eigenvalue weighted by Gasteiger charge is -2.11. The van der Waals surface area contributed by atoms with Gasteiger partial charge < -0.3 is 5.32 Å². The van der Waals surface area contributed by atoms with Crippen molar-refractivity contribution in [2.75, 3.05) is 23.4 Å². The maximum Gasteiger partial charge on any atom is 0.333 e. The van der Waals surface area contributed by atoms with Gasteiger partial charge in [0.2, 0.25) is 5.82 Å². The first-order chi connectivity index (χ1) is 9.84. The van der Waals surface area contributed by atoms with Gasteiger partial charge in [0, 0.05) is 13.1 Å². The number of hydrogen-bond acceptors (Lipinski definition) is 6. The number of anilines is 1. The molecule has 118 valence electrons. The summed E-state index contributed by atoms with van der Waals surface area (Å²) in [5.74, 6) is 0.729. The van der Waals surface area contributed by atoms with Crippen LogP contribution in [-0.4, -0.2) is 41.2 Å². The van der Waals surface area contributed by atoms with Crippen molar-refractivity contribution in [1.82, 2.24) is 9.78 Å². The number of nitrogens with zero attached hydrogens (tertiary/aromatic N) is 3. The molecule has 1 N–H and O–H groups in total. The summed E-state index contributed by atoms with van der Waals surface area (Å²) in [4.78, 5) is 10.7. The average molecular weight is 316 g/mol. The summed E-state index contributed by atoms with van der Waals surface area (Å²) < 4.78 is 24.5. The molecule has 21 heavy (non-hydrogen) atoms. The third-order valence-corrected chi connectivity index (χ3v) is 5.44. The van der Waals surface area contributed by atoms with E-state index in [2.05, 4.69) is 10.4 Å². The summed E-state index contributed by atoms with van der Waals surface area (Å²) in [6, 6.07) is 0. The zero-order valence-electron chi connectivity index (χ0n) is 12.2. The fourth-order valence-electron chi connectivity index (χ4n) is 2.61. The fraction of sp³-hybridized carbons (Fsp3) is 0.750. The van der Waals surface area contributed by atoms with Crippen LogP contribution in [0.2, 0.25) is 0 Å². The molecule has 1 atom stereocenters. The molecule has 8 nitrogen and oxygen atoms in total. The predicted molar refractivity (Wildman–Crippen MR) is 79.2 cm³/mol. The Hall–Kier alpha value is -1.64. The second-order valence-electron chi connectivity index (χ2n) is 5.41. The van der Waals surface area contributed by atoms with E-state index in [1.807, 2.05) is 6.92 Å². The Kier molecular flexibility index (Phi) is 4.50. The van der Waals surface area contributed by atoms with Crippen molar-refractivity contribution < 1.29 is 13.3 Å². The van der Waals surface area contributed by atoms with Crippen LogP contribution in [0.15, 0.2) is 0 Å². The number of hydrogen-bond donors (Lipinski definition) is 1. The molecular formula is C12H20N4O4S. The van der Waals surface area contributed by atoms with Crippen molar-refractivity contribution in [3.05, 3.63) is 15.8 Å². The summed E-state index contributed by atoms with van der Waals surface area (Å²) >= 11 is 0. The van der Waals surface area contributed by atoms with E-state index >= 15 is 0 Å². The van der Waals surface area contributed by atoms with Gasteiger partial charge in [0.15, 0.2) is 9.84 Å². The minimum atomic E-state index is -2.94. The number of aryl methyl sites for hydroxylation is 2. The molecule has 0 radical (unpaired) electrons. The minimum Gasteiger partial charge on any atom is -0.364 e. The van der Waals surface area contributed by atoms with E-state index in [0.717, 1.165) is 6.42 Å². The van der Waals surface area contributed by atoms with Gasteiger partial charge in [0.25, 0.3) is 0 Å². The molecule has 1 aliphatic heterocycles. The third-order valence-electron chi connectivity index (χ3n) is 3.60. The van der Waals surface area contributed by atoms with Crippen molar-refractivity contribution in [1.29, 1.82) is 0 Å². The van der Waals surface area contributed by atoms with E-state index in [9.17, 15) is 18.5 Å². The Morgan fingerprint density at radius 2 is 2.24 bits per heavy atom. The normalized spacial score (nSPS) is 20.6. The Morgan fingerprint density at radius 3 is 2.76 bits per heavy atom. The molecule has 0 aliphatic carbocycles. The van der Waals surface area contributed by atoms with Crippen LogP contribution in [0.5, 0.6) is 0 Å². The van der Waals surface area contributed by atoms with Crippen LogP contribution in [0, 0.1) is 23.0 Å². The lowest BCUT2D eigenvalue weighted by Crippen LogP contribution is -2.18. The molecule has 0 amide bonds. The monoisotopic (exact) mass is 316 g/mol. The Balaban J connectivity index is 2.16. The molecule has 1 aromatic heterocycles. The minimum absolute atomic E-state index is 0.000105. The molecule has 0 saturated carbocycles. The van der Waals surface area contributed by atoms with Gasteiger partial charge in [-0.15, -0.1) is 0 Å². The predicted octanol–water partition coefficient (Wildman–Crippen LogP) is 1.36. The lowest BCUT2D eigenvalue weighted by molar-refractivity contribution is -0.384. The highest BCUT2D eigenvalue weighted by Crippen LogP contribution is 2.29. The molecule has 1 aromatic rings. The van der Waals surface area contributed by atoms with Crippen LogP contribution < -0.4 is 5.32 Å². The summed E-state index contributed by atoms with van der Waals surface area (Å²) in [6.07, 6.45) is 1.41. The van der Waals surface area contributed by atoms with Crippen LogP contribution >= 0.6 is 0 Å². The van der Waals surface area contributed by atoms with E-state index in [1.54, 1.807) is 11.6 Å². The number of nitro groups is 1. The maximum atomic E-state index is 11.4. The summed E-state index contributed by atoms with van der Waals surface area (Å²) in [6.45, 7) is 4.57. The van der Waals surface area contributed by atoms with E-state index < -0.39 is 14.8 Å². The van der Waals surface area contributed by atoms with Gasteiger partial charge in [-0.2, -0.15) is 5.10 Å². The van der Waals surface area contributed by atoms with Crippen LogP contribution in [0.25, 0.3) is 0 Å². The zero-order chi connectivity index (χ0) is 15.6. The Bertz CT molecular complexity index is 638. The van der Waals surface area contributed by atoms with Gasteiger partial charge in [0.1, 0.15) is 5.69 Å². The topological polar surface area (TPSA) is 107 Å². The Labute approximate surface area is 123 Å². The molecule has 0 aromatic carbocycles. The summed E-state index contributed by atoms with van der Waals surface area (Å²) in [5, 5.41) is 18.4. The lowest BCUT2D eigenvalue weighted by atomic mass is 10.1. The third kappa shape index (κ3) is 3.52. The first-order valence-electron chi connectivity index (χ1n) is 7.00. The van der Waals surface area contributed by atoms with Crippen molar-refractivity contribution in [3.63, 3.8) is 0 Å². The largest absolute Gasteiger partial charge is 0.364 e. The van der Waals surface area contributed by atoms with E-state index in [4.69, 9.17) is 0 Å². The highest BCUT2D eigenvalue weighted by molar-refractivity contribution is 7.91. The maximum absolute atomic E-state index is 11.4. The van der Waals surface area contributed by atoms with Gasteiger partial charge in [-0.1, -0.05) is 6.92 Å². The second kappa shape index (κ2) is 6.00. The molecule has 1 aliphatic rings. The number of aromatic nitrogens is 2. The van der Waals surface area contributed by atoms with Gasteiger partial charge in [-0.05, 0) is 25.7 Å². The molecule has 0 bridgehead atoms. The summed E-state index contributed by atoms with van der Waals surface area (Å²) in [5.41, 5.74) is 0.347. The van der Waals surface area contributed by atoms with Gasteiger partial charge in [-0.25, -0.2) is 13.1 Å². The quantitative estimate of drug-likeness (QED) is 0.627. The average Bonchev–Trinajstić information content (AvgIpc) is 2.87. The van der Waals surface area contributed by atoms with Crippen molar-refractivity contribution >= 4 is 21.3 Å². The first kappa shape index (κ1) is 15.7. The van der Waals surface area contributed by atoms with Crippen LogP contribution in [-0.2, 0) is 16.4 Å². The van der Waals surface area contributed by atoms with Gasteiger partial charge in [-0.3, -0.25) is 10.1 Å². The smallest absolute Gasteiger partial charge is 0.333 e. The number of nitrogens with one attached hydrogen (secondary N) is 1. The molecule has 2 rings (SSSR count). The zero-order valence-corrected chi connectivity index (χ0v) is 13.0. The first-order valence-corrected chi connectivity index (χ1v) is 8.82. The van der Waals surface area contributed by atoms with Crippen molar-refractivity contribution in [2.24, 2.45) is 5.92 Å². The van der Waals surface area contributed by atoms with Gasteiger partial charge in [0.05, 0.1) is 16.4 Å². The Morgan fingerprint density at radius 1 is 1.52 bits per heavy atom. The van der Waals surface area contributed by atoms with Crippen LogP contribution in [0.3, 0.4) is 0 Å². The van der Waals surface area contributed by atoms with Crippen LogP contribution in [0.1, 0.15) is 25.5 Å². The molecule has 1 fully saturated rings. The number of sulfone groups is 1. The molecular weight excluding hydrogens is 296 g/mol. The molecule has 9 heteroatoms. The molecule has 0 spiro atoms. The van der Waals surface area contributed by atoms with E-state index in [-0.39, 0.29) is 23.1 Å². The molecule has 1 saturated heterocycles. The summed E-state index contributed by atoms with van der Waals surface area (Å²) in [7, 11) is -2.94. The SMILES string of the molecule is CCCn1nc(C)c([N+](=O)[O-])c1NCC1CCS(=O)(=O)C1. The molecule has 2 heterocycles. The van der Waals surface area contributed by atoms with Crippen molar-refractivity contribution in [2.45, 2.75) is 33.2 Å². The van der Waals surface area contributed by atoms with E-state index in [1.165, 1.54) is 0 Å². The highest BCUT2D eigenvalue weighted by Gasteiger charge is 2.30. The van der Waals surface area contributed by atoms with Crippen LogP contribution in [0.4, 0.5) is 11.5 Å².